The summed E-state index contributed by atoms with van der Waals surface area (Å²) in [6.07, 6.45) is 0. The maximum Gasteiger partial charge on any atom is 0.213 e. The SMILES string of the molecule is CC[n+]1c(C)ccc2c3ccccc3ccc21. The van der Waals surface area contributed by atoms with Crippen LogP contribution in [0.25, 0.3) is 21.7 Å². The Morgan fingerprint density at radius 1 is 0.882 bits per heavy atom. The topological polar surface area (TPSA) is 3.88 Å². The first-order valence-corrected chi connectivity index (χ1v) is 6.12. The van der Waals surface area contributed by atoms with E-state index in [-0.39, 0.29) is 0 Å². The Morgan fingerprint density at radius 2 is 1.71 bits per heavy atom. The first kappa shape index (κ1) is 10.3. The monoisotopic (exact) mass is 222 g/mol. The summed E-state index contributed by atoms with van der Waals surface area (Å²) in [6.45, 7) is 5.38. The van der Waals surface area contributed by atoms with Crippen molar-refractivity contribution in [2.75, 3.05) is 0 Å². The summed E-state index contributed by atoms with van der Waals surface area (Å²) in [5, 5.41) is 3.99. The number of fused-ring (bicyclic) bond motifs is 3. The second-order valence-electron chi connectivity index (χ2n) is 4.44. The zero-order valence-corrected chi connectivity index (χ0v) is 10.3. The Kier molecular flexibility index (Phi) is 2.32. The van der Waals surface area contributed by atoms with Crippen LogP contribution >= 0.6 is 0 Å². The zero-order valence-electron chi connectivity index (χ0n) is 10.3. The minimum Gasteiger partial charge on any atom is -0.196 e. The molecule has 0 bridgehead atoms. The molecule has 0 fully saturated rings. The predicted octanol–water partition coefficient (Wildman–Crippen LogP) is 3.61. The summed E-state index contributed by atoms with van der Waals surface area (Å²) >= 11 is 0. The molecule has 0 amide bonds. The van der Waals surface area contributed by atoms with Crippen LogP contribution in [0.3, 0.4) is 0 Å². The highest BCUT2D eigenvalue weighted by Gasteiger charge is 2.11. The second-order valence-corrected chi connectivity index (χ2v) is 4.44. The number of pyridine rings is 1. The van der Waals surface area contributed by atoms with E-state index in [1.54, 1.807) is 0 Å². The highest BCUT2D eigenvalue weighted by molar-refractivity contribution is 6.04. The van der Waals surface area contributed by atoms with Gasteiger partial charge in [-0.05, 0) is 29.8 Å². The van der Waals surface area contributed by atoms with E-state index in [4.69, 9.17) is 0 Å². The van der Waals surface area contributed by atoms with Crippen LogP contribution in [0.1, 0.15) is 12.6 Å². The van der Waals surface area contributed by atoms with Crippen LogP contribution in [-0.4, -0.2) is 0 Å². The Bertz CT molecular complexity index is 698. The highest BCUT2D eigenvalue weighted by Crippen LogP contribution is 2.23. The minimum absolute atomic E-state index is 1.02. The molecule has 0 aliphatic carbocycles. The van der Waals surface area contributed by atoms with Gasteiger partial charge >= 0.3 is 0 Å². The molecule has 0 radical (unpaired) electrons. The standard InChI is InChI=1S/C16H16N/c1-3-17-12(2)8-10-15-14-7-5-4-6-13(14)9-11-16(15)17/h4-11H,3H2,1-2H3/q+1. The smallest absolute Gasteiger partial charge is 0.196 e. The summed E-state index contributed by atoms with van der Waals surface area (Å²) in [6, 6.07) is 17.5. The van der Waals surface area contributed by atoms with Crippen molar-refractivity contribution in [1.29, 1.82) is 0 Å². The molecule has 1 aromatic heterocycles. The fraction of sp³-hybridized carbons (Fsp3) is 0.188. The fourth-order valence-electron chi connectivity index (χ4n) is 2.60. The number of aromatic nitrogens is 1. The van der Waals surface area contributed by atoms with Crippen LogP contribution < -0.4 is 4.57 Å². The molecule has 3 aromatic rings. The molecule has 0 saturated carbocycles. The number of nitrogens with zero attached hydrogens (tertiary/aromatic N) is 1. The van der Waals surface area contributed by atoms with Crippen molar-refractivity contribution in [3.63, 3.8) is 0 Å². The normalized spacial score (nSPS) is 11.2. The van der Waals surface area contributed by atoms with Gasteiger partial charge in [-0.2, -0.15) is 4.57 Å². The highest BCUT2D eigenvalue weighted by atomic mass is 15.0. The molecule has 0 aliphatic rings. The molecule has 1 heterocycles. The molecular formula is C16H16N+. The molecule has 0 saturated heterocycles. The van der Waals surface area contributed by atoms with Crippen molar-refractivity contribution in [3.05, 3.63) is 54.2 Å². The first-order chi connectivity index (χ1) is 8.31. The van der Waals surface area contributed by atoms with Gasteiger partial charge in [-0.1, -0.05) is 24.3 Å². The maximum atomic E-state index is 2.36. The van der Waals surface area contributed by atoms with E-state index in [0.717, 1.165) is 6.54 Å². The summed E-state index contributed by atoms with van der Waals surface area (Å²) < 4.78 is 2.36. The molecule has 0 aliphatic heterocycles. The minimum atomic E-state index is 1.02. The Morgan fingerprint density at radius 3 is 2.53 bits per heavy atom. The Balaban J connectivity index is 2.52. The molecular weight excluding hydrogens is 206 g/mol. The van der Waals surface area contributed by atoms with Gasteiger partial charge in [0.15, 0.2) is 5.69 Å². The van der Waals surface area contributed by atoms with Crippen molar-refractivity contribution >= 4 is 21.7 Å². The van der Waals surface area contributed by atoms with E-state index in [1.165, 1.54) is 27.4 Å². The van der Waals surface area contributed by atoms with Crippen molar-refractivity contribution < 1.29 is 4.57 Å². The van der Waals surface area contributed by atoms with Gasteiger partial charge in [-0.15, -0.1) is 0 Å². The number of rotatable bonds is 1. The van der Waals surface area contributed by atoms with Crippen LogP contribution in [0.5, 0.6) is 0 Å². The van der Waals surface area contributed by atoms with E-state index >= 15 is 0 Å². The third-order valence-electron chi connectivity index (χ3n) is 3.47. The lowest BCUT2D eigenvalue weighted by Gasteiger charge is -2.05. The number of benzene rings is 2. The van der Waals surface area contributed by atoms with Gasteiger partial charge in [0.25, 0.3) is 0 Å². The van der Waals surface area contributed by atoms with Gasteiger partial charge in [-0.3, -0.25) is 0 Å². The zero-order chi connectivity index (χ0) is 11.8. The van der Waals surface area contributed by atoms with Crippen molar-refractivity contribution in [2.45, 2.75) is 20.4 Å². The van der Waals surface area contributed by atoms with Crippen LogP contribution in [0.15, 0.2) is 48.5 Å². The molecule has 0 spiro atoms. The van der Waals surface area contributed by atoms with Crippen LogP contribution in [-0.2, 0) is 6.54 Å². The number of aryl methyl sites for hydroxylation is 2. The van der Waals surface area contributed by atoms with E-state index in [2.05, 4.69) is 66.9 Å². The molecule has 17 heavy (non-hydrogen) atoms. The van der Waals surface area contributed by atoms with E-state index in [0.29, 0.717) is 0 Å². The van der Waals surface area contributed by atoms with Gasteiger partial charge in [0.05, 0.1) is 5.39 Å². The summed E-state index contributed by atoms with van der Waals surface area (Å²) in [5.74, 6) is 0. The van der Waals surface area contributed by atoms with E-state index < -0.39 is 0 Å². The van der Waals surface area contributed by atoms with Gasteiger partial charge < -0.3 is 0 Å². The van der Waals surface area contributed by atoms with Gasteiger partial charge in [-0.25, -0.2) is 0 Å². The third-order valence-corrected chi connectivity index (χ3v) is 3.47. The first-order valence-electron chi connectivity index (χ1n) is 6.12. The molecule has 0 N–H and O–H groups in total. The van der Waals surface area contributed by atoms with Crippen molar-refractivity contribution in [2.24, 2.45) is 0 Å². The molecule has 0 atom stereocenters. The van der Waals surface area contributed by atoms with Crippen molar-refractivity contribution in [1.82, 2.24) is 0 Å². The average Bonchev–Trinajstić information content (AvgIpc) is 2.38. The van der Waals surface area contributed by atoms with Crippen molar-refractivity contribution in [3.8, 4) is 0 Å². The molecule has 84 valence electrons. The van der Waals surface area contributed by atoms with E-state index in [9.17, 15) is 0 Å². The quantitative estimate of drug-likeness (QED) is 0.437. The maximum absolute atomic E-state index is 2.36. The van der Waals surface area contributed by atoms with Gasteiger partial charge in [0.1, 0.15) is 6.54 Å². The lowest BCUT2D eigenvalue weighted by molar-refractivity contribution is -0.673. The largest absolute Gasteiger partial charge is 0.213 e. The Hall–Kier alpha value is -1.89. The summed E-state index contributed by atoms with van der Waals surface area (Å²) in [5.41, 5.74) is 2.64. The van der Waals surface area contributed by atoms with Gasteiger partial charge in [0.2, 0.25) is 5.52 Å². The van der Waals surface area contributed by atoms with Gasteiger partial charge in [0, 0.05) is 19.1 Å². The molecule has 1 heteroatoms. The Labute approximate surface area is 101 Å². The molecule has 2 aromatic carbocycles. The van der Waals surface area contributed by atoms with E-state index in [1.807, 2.05) is 0 Å². The summed E-state index contributed by atoms with van der Waals surface area (Å²) in [7, 11) is 0. The molecule has 1 nitrogen and oxygen atoms in total. The summed E-state index contributed by atoms with van der Waals surface area (Å²) in [4.78, 5) is 0. The fourth-order valence-corrected chi connectivity index (χ4v) is 2.60. The van der Waals surface area contributed by atoms with Crippen LogP contribution in [0.4, 0.5) is 0 Å². The van der Waals surface area contributed by atoms with Crippen LogP contribution in [0.2, 0.25) is 0 Å². The lowest BCUT2D eigenvalue weighted by Crippen LogP contribution is -2.36. The number of hydrogen-bond donors (Lipinski definition) is 0. The third kappa shape index (κ3) is 1.50. The molecule has 3 rings (SSSR count). The second kappa shape index (κ2) is 3.85. The lowest BCUT2D eigenvalue weighted by atomic mass is 10.0. The average molecular weight is 222 g/mol. The number of hydrogen-bond acceptors (Lipinski definition) is 0. The van der Waals surface area contributed by atoms with Crippen LogP contribution in [0, 0.1) is 6.92 Å². The molecule has 0 unspecified atom stereocenters. The predicted molar refractivity (Wildman–Crippen MR) is 72.1 cm³/mol.